The first-order valence-corrected chi connectivity index (χ1v) is 13.9. The SMILES string of the molecule is Cc1cc(-c2cc(C(F)(F)F)nn2-c2ccc(OCc3cc(C(=O)N4CC5(CNC5)C4)c4ccccc4n3)cc2)ccn1. The lowest BCUT2D eigenvalue weighted by Gasteiger charge is -2.56. The molecule has 0 aliphatic carbocycles. The van der Waals surface area contributed by atoms with Crippen molar-refractivity contribution in [2.24, 2.45) is 5.41 Å². The molecule has 5 heterocycles. The van der Waals surface area contributed by atoms with Crippen molar-refractivity contribution in [3.05, 3.63) is 102 Å². The number of carbonyl (C=O) groups excluding carboxylic acids is 1. The van der Waals surface area contributed by atoms with Gasteiger partial charge in [0.25, 0.3) is 5.91 Å². The molecule has 43 heavy (non-hydrogen) atoms. The topological polar surface area (TPSA) is 85.2 Å². The summed E-state index contributed by atoms with van der Waals surface area (Å²) in [7, 11) is 0. The number of para-hydroxylation sites is 1. The average molecular weight is 585 g/mol. The second-order valence-electron chi connectivity index (χ2n) is 11.2. The van der Waals surface area contributed by atoms with Crippen LogP contribution >= 0.6 is 0 Å². The molecule has 3 aromatic heterocycles. The number of fused-ring (bicyclic) bond motifs is 1. The molecule has 0 radical (unpaired) electrons. The number of benzene rings is 2. The standard InChI is InChI=1S/C32H27F3N6O2/c1-20-12-21(10-11-37-20)28-14-29(32(33,34)35)39-41(28)23-6-8-24(9-7-23)43-15-22-13-26(25-4-2-3-5-27(25)38-22)30(42)40-18-31(19-40)16-36-17-31/h2-14,36H,15-19H2,1H3. The zero-order valence-corrected chi connectivity index (χ0v) is 23.2. The Labute approximate surface area is 245 Å². The maximum Gasteiger partial charge on any atom is 0.435 e. The Bertz CT molecular complexity index is 1840. The van der Waals surface area contributed by atoms with Gasteiger partial charge in [0.15, 0.2) is 5.69 Å². The number of amides is 1. The third-order valence-electron chi connectivity index (χ3n) is 8.00. The lowest BCUT2D eigenvalue weighted by Crippen LogP contribution is -2.71. The molecule has 2 fully saturated rings. The zero-order valence-electron chi connectivity index (χ0n) is 23.2. The van der Waals surface area contributed by atoms with E-state index in [1.54, 1.807) is 55.6 Å². The van der Waals surface area contributed by atoms with Crippen LogP contribution in [0.4, 0.5) is 13.2 Å². The molecule has 2 aliphatic heterocycles. The van der Waals surface area contributed by atoms with Crippen molar-refractivity contribution < 1.29 is 22.7 Å². The molecule has 0 saturated carbocycles. The molecule has 0 unspecified atom stereocenters. The summed E-state index contributed by atoms with van der Waals surface area (Å²) < 4.78 is 48.0. The molecule has 0 bridgehead atoms. The van der Waals surface area contributed by atoms with Crippen molar-refractivity contribution in [3.8, 4) is 22.7 Å². The van der Waals surface area contributed by atoms with E-state index in [0.717, 1.165) is 37.6 Å². The van der Waals surface area contributed by atoms with E-state index in [1.807, 2.05) is 29.2 Å². The van der Waals surface area contributed by atoms with Crippen LogP contribution in [0.15, 0.2) is 79.0 Å². The first-order valence-electron chi connectivity index (χ1n) is 13.9. The number of rotatable bonds is 6. The number of nitrogens with one attached hydrogen (secondary N) is 1. The smallest absolute Gasteiger partial charge is 0.435 e. The van der Waals surface area contributed by atoms with Crippen LogP contribution in [-0.2, 0) is 12.8 Å². The fourth-order valence-corrected chi connectivity index (χ4v) is 5.73. The van der Waals surface area contributed by atoms with E-state index in [0.29, 0.717) is 45.2 Å². The van der Waals surface area contributed by atoms with Gasteiger partial charge >= 0.3 is 6.18 Å². The number of likely N-dealkylation sites (tertiary alicyclic amines) is 1. The first kappa shape index (κ1) is 27.1. The van der Waals surface area contributed by atoms with Gasteiger partial charge in [0.1, 0.15) is 12.4 Å². The summed E-state index contributed by atoms with van der Waals surface area (Å²) in [5.74, 6) is 0.484. The van der Waals surface area contributed by atoms with Gasteiger partial charge in [-0.3, -0.25) is 9.78 Å². The monoisotopic (exact) mass is 584 g/mol. The summed E-state index contributed by atoms with van der Waals surface area (Å²) in [6.45, 7) is 5.27. The normalized spacial score (nSPS) is 15.8. The molecular formula is C32H27F3N6O2. The van der Waals surface area contributed by atoms with Gasteiger partial charge in [-0.15, -0.1) is 0 Å². The number of ether oxygens (including phenoxy) is 1. The minimum Gasteiger partial charge on any atom is -0.487 e. The second kappa shape index (κ2) is 10.2. The number of alkyl halides is 3. The number of aryl methyl sites for hydroxylation is 1. The summed E-state index contributed by atoms with van der Waals surface area (Å²) in [6, 6.07) is 20.4. The van der Waals surface area contributed by atoms with Crippen LogP contribution in [-0.4, -0.2) is 56.7 Å². The lowest BCUT2D eigenvalue weighted by molar-refractivity contribution is -0.141. The second-order valence-corrected chi connectivity index (χ2v) is 11.2. The molecule has 5 aromatic rings. The highest BCUT2D eigenvalue weighted by Crippen LogP contribution is 2.36. The molecule has 2 aromatic carbocycles. The number of carbonyl (C=O) groups is 1. The Kier molecular flexibility index (Phi) is 6.42. The third-order valence-corrected chi connectivity index (χ3v) is 8.00. The fraction of sp³-hybridized carbons (Fsp3) is 0.250. The highest BCUT2D eigenvalue weighted by atomic mass is 19.4. The van der Waals surface area contributed by atoms with Gasteiger partial charge in [-0.25, -0.2) is 9.67 Å². The summed E-state index contributed by atoms with van der Waals surface area (Å²) in [4.78, 5) is 24.2. The van der Waals surface area contributed by atoms with Gasteiger partial charge in [-0.1, -0.05) is 18.2 Å². The van der Waals surface area contributed by atoms with Crippen molar-refractivity contribution in [1.29, 1.82) is 0 Å². The Morgan fingerprint density at radius 1 is 1.02 bits per heavy atom. The van der Waals surface area contributed by atoms with E-state index in [2.05, 4.69) is 15.4 Å². The van der Waals surface area contributed by atoms with Crippen LogP contribution in [0, 0.1) is 12.3 Å². The highest BCUT2D eigenvalue weighted by Gasteiger charge is 2.49. The van der Waals surface area contributed by atoms with E-state index in [9.17, 15) is 18.0 Å². The van der Waals surface area contributed by atoms with Crippen LogP contribution < -0.4 is 10.1 Å². The molecule has 8 nitrogen and oxygen atoms in total. The number of pyridine rings is 2. The number of nitrogens with zero attached hydrogens (tertiary/aromatic N) is 5. The van der Waals surface area contributed by atoms with Crippen molar-refractivity contribution in [2.75, 3.05) is 26.2 Å². The van der Waals surface area contributed by atoms with Gasteiger partial charge < -0.3 is 15.0 Å². The fourth-order valence-electron chi connectivity index (χ4n) is 5.73. The van der Waals surface area contributed by atoms with Crippen LogP contribution in [0.3, 0.4) is 0 Å². The van der Waals surface area contributed by atoms with Gasteiger partial charge in [0, 0.05) is 54.4 Å². The molecule has 1 N–H and O–H groups in total. The molecule has 2 aliphatic rings. The van der Waals surface area contributed by atoms with Crippen molar-refractivity contribution in [2.45, 2.75) is 19.7 Å². The van der Waals surface area contributed by atoms with E-state index in [4.69, 9.17) is 9.72 Å². The summed E-state index contributed by atoms with van der Waals surface area (Å²) in [5.41, 5.74) is 3.13. The predicted molar refractivity (Wildman–Crippen MR) is 154 cm³/mol. The van der Waals surface area contributed by atoms with E-state index >= 15 is 0 Å². The van der Waals surface area contributed by atoms with Gasteiger partial charge in [0.2, 0.25) is 0 Å². The van der Waals surface area contributed by atoms with Crippen LogP contribution in [0.2, 0.25) is 0 Å². The highest BCUT2D eigenvalue weighted by molar-refractivity contribution is 6.06. The molecule has 1 amide bonds. The van der Waals surface area contributed by atoms with Gasteiger partial charge in [-0.05, 0) is 61.5 Å². The maximum absolute atomic E-state index is 13.6. The zero-order chi connectivity index (χ0) is 29.8. The maximum atomic E-state index is 13.6. The number of halogens is 3. The lowest BCUT2D eigenvalue weighted by atomic mass is 9.74. The van der Waals surface area contributed by atoms with Crippen molar-refractivity contribution >= 4 is 16.8 Å². The molecule has 218 valence electrons. The minimum absolute atomic E-state index is 0.0145. The number of hydrogen-bond acceptors (Lipinski definition) is 6. The van der Waals surface area contributed by atoms with Crippen molar-refractivity contribution in [1.82, 2.24) is 30.0 Å². The quantitative estimate of drug-likeness (QED) is 0.287. The van der Waals surface area contributed by atoms with E-state index in [1.165, 1.54) is 4.68 Å². The molecule has 7 rings (SSSR count). The number of hydrogen-bond donors (Lipinski definition) is 1. The molecule has 1 spiro atoms. The Balaban J connectivity index is 1.12. The summed E-state index contributed by atoms with van der Waals surface area (Å²) in [6.07, 6.45) is -3.04. The van der Waals surface area contributed by atoms with Gasteiger partial charge in [-0.2, -0.15) is 18.3 Å². The minimum atomic E-state index is -4.59. The predicted octanol–water partition coefficient (Wildman–Crippen LogP) is 5.43. The number of aromatic nitrogens is 4. The molecule has 2 saturated heterocycles. The third kappa shape index (κ3) is 5.10. The van der Waals surface area contributed by atoms with Crippen LogP contribution in [0.1, 0.15) is 27.4 Å². The molecule has 0 atom stereocenters. The summed E-state index contributed by atoms with van der Waals surface area (Å²) in [5, 5.41) is 7.95. The summed E-state index contributed by atoms with van der Waals surface area (Å²) >= 11 is 0. The Hall–Kier alpha value is -4.77. The largest absolute Gasteiger partial charge is 0.487 e. The van der Waals surface area contributed by atoms with Gasteiger partial charge in [0.05, 0.1) is 28.2 Å². The van der Waals surface area contributed by atoms with E-state index < -0.39 is 11.9 Å². The molecular weight excluding hydrogens is 557 g/mol. The first-order chi connectivity index (χ1) is 20.7. The van der Waals surface area contributed by atoms with E-state index in [-0.39, 0.29) is 17.9 Å². The average Bonchev–Trinajstić information content (AvgIpc) is 3.41. The Morgan fingerprint density at radius 3 is 2.49 bits per heavy atom. The van der Waals surface area contributed by atoms with Crippen LogP contribution in [0.25, 0.3) is 27.8 Å². The Morgan fingerprint density at radius 2 is 1.79 bits per heavy atom. The van der Waals surface area contributed by atoms with Crippen LogP contribution in [0.5, 0.6) is 5.75 Å². The molecule has 11 heteroatoms. The van der Waals surface area contributed by atoms with Crippen molar-refractivity contribution in [3.63, 3.8) is 0 Å².